The Labute approximate surface area is 180 Å². The van der Waals surface area contributed by atoms with Crippen molar-refractivity contribution in [1.29, 1.82) is 0 Å². The van der Waals surface area contributed by atoms with Crippen LogP contribution in [0.5, 0.6) is 0 Å². The van der Waals surface area contributed by atoms with E-state index in [0.29, 0.717) is 24.2 Å². The van der Waals surface area contributed by atoms with Crippen molar-refractivity contribution in [3.63, 3.8) is 0 Å². The van der Waals surface area contributed by atoms with Crippen molar-refractivity contribution in [3.05, 3.63) is 29.8 Å². The number of rotatable bonds is 6. The molecule has 2 N–H and O–H groups in total. The number of piperidine rings is 1. The third-order valence-corrected chi connectivity index (χ3v) is 8.85. The highest BCUT2D eigenvalue weighted by molar-refractivity contribution is 7.92. The third-order valence-electron chi connectivity index (χ3n) is 6.68. The second-order valence-electron chi connectivity index (χ2n) is 9.44. The molecule has 1 aliphatic carbocycles. The van der Waals surface area contributed by atoms with E-state index in [1.807, 2.05) is 0 Å². The first-order valence-corrected chi connectivity index (χ1v) is 12.5. The van der Waals surface area contributed by atoms with Crippen LogP contribution >= 0.6 is 0 Å². The van der Waals surface area contributed by atoms with Crippen molar-refractivity contribution in [2.45, 2.75) is 82.0 Å². The minimum Gasteiger partial charge on any atom is -0.353 e. The topological polar surface area (TPSA) is 92.3 Å². The summed E-state index contributed by atoms with van der Waals surface area (Å²) in [6.07, 6.45) is 3.54. The molecular formula is C23H34N2O4S. The Hall–Kier alpha value is -1.89. The van der Waals surface area contributed by atoms with Gasteiger partial charge in [-0.3, -0.25) is 9.59 Å². The highest BCUT2D eigenvalue weighted by Gasteiger charge is 2.41. The van der Waals surface area contributed by atoms with Crippen LogP contribution in [0.4, 0.5) is 0 Å². The fraction of sp³-hybridized carbons (Fsp3) is 0.652. The lowest BCUT2D eigenvalue weighted by Gasteiger charge is -2.45. The first-order valence-electron chi connectivity index (χ1n) is 11.0. The summed E-state index contributed by atoms with van der Waals surface area (Å²) in [5.41, 5.74) is 0.787. The molecule has 7 heteroatoms. The average Bonchev–Trinajstić information content (AvgIpc) is 2.67. The molecule has 1 saturated heterocycles. The monoisotopic (exact) mass is 434 g/mol. The predicted molar refractivity (Wildman–Crippen MR) is 117 cm³/mol. The van der Waals surface area contributed by atoms with Crippen molar-refractivity contribution < 1.29 is 18.0 Å². The Bertz CT molecular complexity index is 877. The highest BCUT2D eigenvalue weighted by Crippen LogP contribution is 2.39. The van der Waals surface area contributed by atoms with E-state index in [4.69, 9.17) is 0 Å². The van der Waals surface area contributed by atoms with Crippen LogP contribution in [-0.4, -0.2) is 37.6 Å². The van der Waals surface area contributed by atoms with Gasteiger partial charge in [0.1, 0.15) is 0 Å². The number of benzene rings is 1. The Morgan fingerprint density at radius 2 is 1.80 bits per heavy atom. The van der Waals surface area contributed by atoms with Gasteiger partial charge >= 0.3 is 0 Å². The molecule has 4 atom stereocenters. The van der Waals surface area contributed by atoms with Gasteiger partial charge in [0.25, 0.3) is 0 Å². The Balaban J connectivity index is 1.56. The molecule has 0 aromatic heterocycles. The largest absolute Gasteiger partial charge is 0.353 e. The summed E-state index contributed by atoms with van der Waals surface area (Å²) in [6.45, 7) is 7.69. The van der Waals surface area contributed by atoms with Crippen LogP contribution in [0, 0.1) is 17.8 Å². The van der Waals surface area contributed by atoms with Crippen molar-refractivity contribution in [2.24, 2.45) is 17.8 Å². The van der Waals surface area contributed by atoms with E-state index in [2.05, 4.69) is 24.5 Å². The van der Waals surface area contributed by atoms with Gasteiger partial charge in [-0.2, -0.15) is 0 Å². The van der Waals surface area contributed by atoms with Crippen LogP contribution in [0.25, 0.3) is 0 Å². The minimum atomic E-state index is -3.31. The number of fused-ring (bicyclic) bond motifs is 1. The van der Waals surface area contributed by atoms with Gasteiger partial charge < -0.3 is 10.6 Å². The predicted octanol–water partition coefficient (Wildman–Crippen LogP) is 2.86. The molecule has 30 heavy (non-hydrogen) atoms. The highest BCUT2D eigenvalue weighted by atomic mass is 32.2. The van der Waals surface area contributed by atoms with Gasteiger partial charge in [-0.1, -0.05) is 26.0 Å². The number of carbonyl (C=O) groups excluding carboxylic acids is 2. The van der Waals surface area contributed by atoms with E-state index in [-0.39, 0.29) is 35.2 Å². The molecule has 1 aliphatic heterocycles. The van der Waals surface area contributed by atoms with Crippen LogP contribution in [0.3, 0.4) is 0 Å². The molecule has 1 heterocycles. The third kappa shape index (κ3) is 5.05. The van der Waals surface area contributed by atoms with Gasteiger partial charge in [0.2, 0.25) is 11.8 Å². The lowest BCUT2D eigenvalue weighted by atomic mass is 9.67. The maximum Gasteiger partial charge on any atom is 0.224 e. The first kappa shape index (κ1) is 22.8. The number of sulfone groups is 1. The summed E-state index contributed by atoms with van der Waals surface area (Å²) in [6, 6.07) is 6.77. The first-order chi connectivity index (χ1) is 14.1. The average molecular weight is 435 g/mol. The summed E-state index contributed by atoms with van der Waals surface area (Å²) >= 11 is 0. The zero-order chi connectivity index (χ0) is 22.1. The van der Waals surface area contributed by atoms with Crippen molar-refractivity contribution in [1.82, 2.24) is 10.6 Å². The Kier molecular flexibility index (Phi) is 6.90. The van der Waals surface area contributed by atoms with Gasteiger partial charge in [-0.25, -0.2) is 8.42 Å². The van der Waals surface area contributed by atoms with E-state index >= 15 is 0 Å². The van der Waals surface area contributed by atoms with Crippen molar-refractivity contribution in [3.8, 4) is 0 Å². The van der Waals surface area contributed by atoms with Gasteiger partial charge in [0, 0.05) is 18.5 Å². The standard InChI is InChI=1S/C23H34N2O4S/c1-14(2)20-13-23(27)25-21-12-17(7-10-19(20)21)24-22(26)11-16-5-8-18(9-6-16)30(28,29)15(3)4/h5-6,8-9,14-15,17,19-21H,7,10-13H2,1-4H3,(H,24,26)(H,25,27). The molecule has 2 fully saturated rings. The molecule has 3 rings (SSSR count). The lowest BCUT2D eigenvalue weighted by molar-refractivity contribution is -0.128. The number of hydrogen-bond acceptors (Lipinski definition) is 4. The Morgan fingerprint density at radius 1 is 1.13 bits per heavy atom. The quantitative estimate of drug-likeness (QED) is 0.720. The van der Waals surface area contributed by atoms with E-state index in [1.54, 1.807) is 38.1 Å². The second-order valence-corrected chi connectivity index (χ2v) is 11.9. The molecule has 1 aromatic carbocycles. The van der Waals surface area contributed by atoms with Gasteiger partial charge in [-0.05, 0) is 68.6 Å². The SMILES string of the molecule is CC(C)C1CC(=O)NC2CC(NC(=O)Cc3ccc(S(=O)(=O)C(C)C)cc3)CCC21. The zero-order valence-corrected chi connectivity index (χ0v) is 19.2. The van der Waals surface area contributed by atoms with Gasteiger partial charge in [-0.15, -0.1) is 0 Å². The maximum atomic E-state index is 12.6. The molecule has 2 amide bonds. The van der Waals surface area contributed by atoms with Crippen LogP contribution in [-0.2, 0) is 25.8 Å². The fourth-order valence-corrected chi connectivity index (χ4v) is 5.96. The second kappa shape index (κ2) is 9.08. The van der Waals surface area contributed by atoms with Crippen molar-refractivity contribution in [2.75, 3.05) is 0 Å². The Morgan fingerprint density at radius 3 is 2.40 bits per heavy atom. The maximum absolute atomic E-state index is 12.6. The van der Waals surface area contributed by atoms with E-state index in [1.165, 1.54) is 0 Å². The van der Waals surface area contributed by atoms with Crippen LogP contribution in [0.15, 0.2) is 29.2 Å². The van der Waals surface area contributed by atoms with Gasteiger partial charge in [0.05, 0.1) is 16.6 Å². The minimum absolute atomic E-state index is 0.0607. The molecule has 2 aliphatic rings. The molecule has 6 nitrogen and oxygen atoms in total. The summed E-state index contributed by atoms with van der Waals surface area (Å²) in [7, 11) is -3.31. The number of hydrogen-bond donors (Lipinski definition) is 2. The number of amides is 2. The van der Waals surface area contributed by atoms with E-state index in [0.717, 1.165) is 24.8 Å². The summed E-state index contributed by atoms with van der Waals surface area (Å²) in [5, 5.41) is 5.78. The molecule has 4 unspecified atom stereocenters. The summed E-state index contributed by atoms with van der Waals surface area (Å²) in [5.74, 6) is 1.45. The molecule has 166 valence electrons. The van der Waals surface area contributed by atoms with Crippen molar-refractivity contribution >= 4 is 21.7 Å². The van der Waals surface area contributed by atoms with Crippen LogP contribution in [0.2, 0.25) is 0 Å². The molecular weight excluding hydrogens is 400 g/mol. The smallest absolute Gasteiger partial charge is 0.224 e. The summed E-state index contributed by atoms with van der Waals surface area (Å²) < 4.78 is 24.4. The van der Waals surface area contributed by atoms with Crippen LogP contribution in [0.1, 0.15) is 58.9 Å². The normalized spacial score (nSPS) is 26.9. The summed E-state index contributed by atoms with van der Waals surface area (Å²) in [4.78, 5) is 24.9. The molecule has 0 spiro atoms. The zero-order valence-electron chi connectivity index (χ0n) is 18.4. The molecule has 1 aromatic rings. The fourth-order valence-electron chi connectivity index (χ4n) is 4.90. The molecule has 0 radical (unpaired) electrons. The lowest BCUT2D eigenvalue weighted by Crippen LogP contribution is -2.56. The molecule has 0 bridgehead atoms. The number of carbonyl (C=O) groups is 2. The van der Waals surface area contributed by atoms with E-state index in [9.17, 15) is 18.0 Å². The molecule has 1 saturated carbocycles. The van der Waals surface area contributed by atoms with Gasteiger partial charge in [0.15, 0.2) is 9.84 Å². The van der Waals surface area contributed by atoms with E-state index < -0.39 is 15.1 Å². The van der Waals surface area contributed by atoms with Crippen LogP contribution < -0.4 is 10.6 Å². The number of nitrogens with one attached hydrogen (secondary N) is 2.